The number of nitrogens with zero attached hydrogens (tertiary/aromatic N) is 2. The summed E-state index contributed by atoms with van der Waals surface area (Å²) >= 11 is 0. The molecule has 2 amide bonds. The molecule has 3 heterocycles. The zero-order valence-electron chi connectivity index (χ0n) is 13.9. The largest absolute Gasteiger partial charge is 0.486 e. The summed E-state index contributed by atoms with van der Waals surface area (Å²) < 4.78 is 11.5. The highest BCUT2D eigenvalue weighted by molar-refractivity contribution is 5.89. The average molecular weight is 330 g/mol. The molecule has 0 unspecified atom stereocenters. The molecule has 128 valence electrons. The maximum absolute atomic E-state index is 13.0. The van der Waals surface area contributed by atoms with Gasteiger partial charge in [-0.25, -0.2) is 0 Å². The molecule has 6 heteroatoms. The van der Waals surface area contributed by atoms with E-state index < -0.39 is 0 Å². The van der Waals surface area contributed by atoms with E-state index in [4.69, 9.17) is 9.47 Å². The molecule has 0 N–H and O–H groups in total. The second-order valence-electron chi connectivity index (χ2n) is 6.74. The fourth-order valence-electron chi connectivity index (χ4n) is 3.98. The Bertz CT molecular complexity index is 675. The van der Waals surface area contributed by atoms with Crippen molar-refractivity contribution in [2.75, 3.05) is 33.4 Å². The van der Waals surface area contributed by atoms with Gasteiger partial charge in [-0.1, -0.05) is 12.1 Å². The van der Waals surface area contributed by atoms with Crippen LogP contribution in [-0.4, -0.2) is 55.0 Å². The van der Waals surface area contributed by atoms with Crippen molar-refractivity contribution in [1.82, 2.24) is 9.80 Å². The summed E-state index contributed by atoms with van der Waals surface area (Å²) in [6.07, 6.45) is 2.21. The molecule has 2 atom stereocenters. The molecule has 24 heavy (non-hydrogen) atoms. The van der Waals surface area contributed by atoms with Crippen LogP contribution in [-0.2, 0) is 9.59 Å². The summed E-state index contributed by atoms with van der Waals surface area (Å²) in [5.74, 6) is 1.45. The van der Waals surface area contributed by atoms with E-state index in [-0.39, 0.29) is 23.8 Å². The fraction of sp³-hybridized carbons (Fsp3) is 0.556. The molecule has 2 fully saturated rings. The Labute approximate surface area is 141 Å². The number of hydrogen-bond donors (Lipinski definition) is 0. The number of fused-ring (bicyclic) bond motifs is 1. The number of benzene rings is 1. The predicted octanol–water partition coefficient (Wildman–Crippen LogP) is 1.60. The van der Waals surface area contributed by atoms with Crippen LogP contribution in [0, 0.1) is 5.92 Å². The minimum atomic E-state index is -0.222. The summed E-state index contributed by atoms with van der Waals surface area (Å²) in [7, 11) is 1.76. The van der Waals surface area contributed by atoms with E-state index in [0.717, 1.165) is 36.4 Å². The number of carbonyl (C=O) groups is 2. The monoisotopic (exact) mass is 330 g/mol. The van der Waals surface area contributed by atoms with Gasteiger partial charge in [0.15, 0.2) is 11.5 Å². The topological polar surface area (TPSA) is 59.1 Å². The molecule has 0 radical (unpaired) electrons. The van der Waals surface area contributed by atoms with Gasteiger partial charge in [-0.3, -0.25) is 9.59 Å². The normalized spacial score (nSPS) is 26.1. The summed E-state index contributed by atoms with van der Waals surface area (Å²) in [6.45, 7) is 2.35. The Morgan fingerprint density at radius 2 is 2.08 bits per heavy atom. The van der Waals surface area contributed by atoms with Crippen molar-refractivity contribution < 1.29 is 19.1 Å². The molecule has 0 saturated carbocycles. The van der Waals surface area contributed by atoms with Crippen molar-refractivity contribution >= 4 is 11.8 Å². The van der Waals surface area contributed by atoms with E-state index in [0.29, 0.717) is 26.2 Å². The quantitative estimate of drug-likeness (QED) is 0.826. The van der Waals surface area contributed by atoms with Gasteiger partial charge >= 0.3 is 0 Å². The Kier molecular flexibility index (Phi) is 3.82. The van der Waals surface area contributed by atoms with Gasteiger partial charge in [-0.05, 0) is 18.9 Å². The SMILES string of the molecule is CN1C[C@H](C(=O)N2CCC[C@H]2c2cccc3c2OCCO3)CC1=O. The highest BCUT2D eigenvalue weighted by atomic mass is 16.6. The van der Waals surface area contributed by atoms with Crippen LogP contribution in [0.25, 0.3) is 0 Å². The van der Waals surface area contributed by atoms with Crippen LogP contribution in [0.15, 0.2) is 18.2 Å². The third-order valence-corrected chi connectivity index (χ3v) is 5.18. The summed E-state index contributed by atoms with van der Waals surface area (Å²) in [5.41, 5.74) is 1.02. The van der Waals surface area contributed by atoms with Crippen LogP contribution in [0.4, 0.5) is 0 Å². The first kappa shape index (κ1) is 15.3. The molecule has 2 saturated heterocycles. The van der Waals surface area contributed by atoms with Gasteiger partial charge in [0.2, 0.25) is 11.8 Å². The van der Waals surface area contributed by atoms with E-state index in [1.54, 1.807) is 11.9 Å². The van der Waals surface area contributed by atoms with Gasteiger partial charge in [-0.15, -0.1) is 0 Å². The summed E-state index contributed by atoms with van der Waals surface area (Å²) in [4.78, 5) is 28.3. The fourth-order valence-corrected chi connectivity index (χ4v) is 3.98. The van der Waals surface area contributed by atoms with Gasteiger partial charge in [0.05, 0.1) is 12.0 Å². The molecular weight excluding hydrogens is 308 g/mol. The van der Waals surface area contributed by atoms with Crippen molar-refractivity contribution in [3.8, 4) is 11.5 Å². The van der Waals surface area contributed by atoms with Crippen molar-refractivity contribution in [1.29, 1.82) is 0 Å². The van der Waals surface area contributed by atoms with Crippen molar-refractivity contribution in [2.24, 2.45) is 5.92 Å². The minimum absolute atomic E-state index is 0.00941. The van der Waals surface area contributed by atoms with Crippen LogP contribution >= 0.6 is 0 Å². The van der Waals surface area contributed by atoms with Crippen LogP contribution < -0.4 is 9.47 Å². The highest BCUT2D eigenvalue weighted by Crippen LogP contribution is 2.43. The van der Waals surface area contributed by atoms with E-state index in [1.807, 2.05) is 23.1 Å². The van der Waals surface area contributed by atoms with Gasteiger partial charge in [0.1, 0.15) is 13.2 Å². The molecule has 0 spiro atoms. The minimum Gasteiger partial charge on any atom is -0.486 e. The average Bonchev–Trinajstić information content (AvgIpc) is 3.21. The number of rotatable bonds is 2. The second-order valence-corrected chi connectivity index (χ2v) is 6.74. The zero-order chi connectivity index (χ0) is 16.7. The maximum Gasteiger partial charge on any atom is 0.228 e. The van der Waals surface area contributed by atoms with Crippen LogP contribution in [0.5, 0.6) is 11.5 Å². The van der Waals surface area contributed by atoms with Gasteiger partial charge in [-0.2, -0.15) is 0 Å². The van der Waals surface area contributed by atoms with Gasteiger partial charge in [0, 0.05) is 32.1 Å². The molecule has 0 bridgehead atoms. The Morgan fingerprint density at radius 1 is 1.25 bits per heavy atom. The Morgan fingerprint density at radius 3 is 2.88 bits per heavy atom. The van der Waals surface area contributed by atoms with Crippen molar-refractivity contribution in [2.45, 2.75) is 25.3 Å². The lowest BCUT2D eigenvalue weighted by molar-refractivity contribution is -0.136. The molecule has 1 aromatic carbocycles. The number of amides is 2. The summed E-state index contributed by atoms with van der Waals surface area (Å²) in [5, 5.41) is 0. The first-order valence-corrected chi connectivity index (χ1v) is 8.58. The lowest BCUT2D eigenvalue weighted by Crippen LogP contribution is -2.37. The number of hydrogen-bond acceptors (Lipinski definition) is 4. The molecule has 0 aromatic heterocycles. The van der Waals surface area contributed by atoms with E-state index in [2.05, 4.69) is 0 Å². The maximum atomic E-state index is 13.0. The van der Waals surface area contributed by atoms with Crippen LogP contribution in [0.3, 0.4) is 0 Å². The van der Waals surface area contributed by atoms with Gasteiger partial charge < -0.3 is 19.3 Å². The molecule has 4 rings (SSSR count). The standard InChI is InChI=1S/C18H22N2O4/c1-19-11-12(10-16(19)21)18(22)20-7-3-5-14(20)13-4-2-6-15-17(13)24-9-8-23-15/h2,4,6,12,14H,3,5,7-11H2,1H3/t12-,14+/m1/s1. The molecular formula is C18H22N2O4. The second kappa shape index (κ2) is 6.00. The number of likely N-dealkylation sites (tertiary alicyclic amines) is 2. The van der Waals surface area contributed by atoms with Gasteiger partial charge in [0.25, 0.3) is 0 Å². The van der Waals surface area contributed by atoms with Crippen LogP contribution in [0.2, 0.25) is 0 Å². The third-order valence-electron chi connectivity index (χ3n) is 5.18. The smallest absolute Gasteiger partial charge is 0.228 e. The first-order chi connectivity index (χ1) is 11.6. The first-order valence-electron chi connectivity index (χ1n) is 8.58. The third kappa shape index (κ3) is 2.50. The molecule has 3 aliphatic rings. The molecule has 3 aliphatic heterocycles. The predicted molar refractivity (Wildman–Crippen MR) is 86.9 cm³/mol. The van der Waals surface area contributed by atoms with E-state index in [1.165, 1.54) is 0 Å². The number of ether oxygens (including phenoxy) is 2. The lowest BCUT2D eigenvalue weighted by Gasteiger charge is -2.30. The zero-order valence-corrected chi connectivity index (χ0v) is 13.9. The van der Waals surface area contributed by atoms with E-state index in [9.17, 15) is 9.59 Å². The van der Waals surface area contributed by atoms with Crippen molar-refractivity contribution in [3.63, 3.8) is 0 Å². The molecule has 1 aromatic rings. The Balaban J connectivity index is 1.60. The summed E-state index contributed by atoms with van der Waals surface area (Å²) in [6, 6.07) is 5.89. The lowest BCUT2D eigenvalue weighted by atomic mass is 10.0. The van der Waals surface area contributed by atoms with E-state index >= 15 is 0 Å². The highest BCUT2D eigenvalue weighted by Gasteiger charge is 2.40. The number of para-hydroxylation sites is 1. The molecule has 0 aliphatic carbocycles. The van der Waals surface area contributed by atoms with Crippen LogP contribution in [0.1, 0.15) is 30.9 Å². The Hall–Kier alpha value is -2.24. The molecule has 6 nitrogen and oxygen atoms in total. The number of carbonyl (C=O) groups excluding carboxylic acids is 2. The van der Waals surface area contributed by atoms with Crippen molar-refractivity contribution in [3.05, 3.63) is 23.8 Å².